The Kier molecular flexibility index (Phi) is 22.3. The number of carbonyl (C=O) groups excluding carboxylic acids is 12. The average molecular weight is 1300 g/mol. The number of ether oxygens (including phenoxy) is 8. The highest BCUT2D eigenvalue weighted by Gasteiger charge is 2.29. The van der Waals surface area contributed by atoms with Crippen LogP contribution in [0.4, 0.5) is 0 Å². The Morgan fingerprint density at radius 1 is 0.281 bits per heavy atom. The smallest absolute Gasteiger partial charge is 0.343 e. The van der Waals surface area contributed by atoms with Crippen molar-refractivity contribution in [3.63, 3.8) is 0 Å². The predicted octanol–water partition coefficient (Wildman–Crippen LogP) is 6.93. The number of hydrogen-bond donors (Lipinski definition) is 4. The minimum absolute atomic E-state index is 0.00314. The van der Waals surface area contributed by atoms with Crippen LogP contribution >= 0.6 is 0 Å². The molecule has 15 rings (SSSR count). The molecular weight excluding hydrogens is 1240 g/mol. The van der Waals surface area contributed by atoms with Gasteiger partial charge in [0.25, 0.3) is 23.6 Å². The molecule has 4 unspecified atom stereocenters. The van der Waals surface area contributed by atoms with Gasteiger partial charge in [-0.15, -0.1) is 0 Å². The lowest BCUT2D eigenvalue weighted by molar-refractivity contribution is -0.143. The summed E-state index contributed by atoms with van der Waals surface area (Å²) in [5.41, 5.74) is 1.97. The molecule has 4 N–H and O–H groups in total. The number of amides is 4. The van der Waals surface area contributed by atoms with Crippen LogP contribution in [0.25, 0.3) is 0 Å². The van der Waals surface area contributed by atoms with E-state index in [0.29, 0.717) is 22.3 Å². The van der Waals surface area contributed by atoms with Crippen LogP contribution in [0.3, 0.4) is 0 Å². The zero-order valence-corrected chi connectivity index (χ0v) is 51.8. The Bertz CT molecular complexity index is 3760. The molecule has 0 saturated heterocycles. The van der Waals surface area contributed by atoms with E-state index in [4.69, 9.17) is 37.9 Å². The second-order valence-electron chi connectivity index (χ2n) is 21.5. The Morgan fingerprint density at radius 3 is 0.646 bits per heavy atom. The van der Waals surface area contributed by atoms with Gasteiger partial charge in [0.15, 0.2) is 0 Å². The first-order valence-electron chi connectivity index (χ1n) is 29.5. The number of hydrogen-bond acceptors (Lipinski definition) is 20. The molecule has 0 fully saturated rings. The first-order valence-corrected chi connectivity index (χ1v) is 29.5. The van der Waals surface area contributed by atoms with Crippen LogP contribution in [0.1, 0.15) is 105 Å². The molecule has 7 heterocycles. The minimum Gasteiger partial charge on any atom is -0.467 e. The fourth-order valence-corrected chi connectivity index (χ4v) is 9.84. The van der Waals surface area contributed by atoms with Gasteiger partial charge in [0.2, 0.25) is 0 Å². The standard InChI is InChI=1S/C72H60N4O20/c1-89-69(85)57-33-41-17-25-53(26-18-41)93-65(81)49-13-7-14-50(39-49)66(82)94-55-29-21-43(22-30-55)35-59(71(87)91-3)75-63(79)47-11-6-12-48(38-47)64(80)76-60(72(88)92-4)36-44-23-31-56(32-24-44)96-68(84)52-16-8-15-51(40-52)67(83)95-54-27-19-42(20-28-54)34-58(70(86)90-2)74-62(78)46-10-5-9-45(37-46)61(77)73-57/h5-32,37-40,57-60H,33-36H2,1-4H3,(H,73,77)(H,74,78)(H,75,79)(H,76,80). The maximum atomic E-state index is 13.7. The fourth-order valence-electron chi connectivity index (χ4n) is 9.84. The van der Waals surface area contributed by atoms with Crippen molar-refractivity contribution in [3.05, 3.63) is 261 Å². The normalized spacial score (nSPS) is 17.0. The number of methoxy groups -OCH3 is 4. The van der Waals surface area contributed by atoms with Crippen LogP contribution in [0.2, 0.25) is 0 Å². The average Bonchev–Trinajstić information content (AvgIpc) is 3.10. The van der Waals surface area contributed by atoms with Gasteiger partial charge in [-0.2, -0.15) is 0 Å². The summed E-state index contributed by atoms with van der Waals surface area (Å²) in [6.45, 7) is 0. The predicted molar refractivity (Wildman–Crippen MR) is 339 cm³/mol. The van der Waals surface area contributed by atoms with Gasteiger partial charge in [-0.05, 0) is 144 Å². The van der Waals surface area contributed by atoms with Crippen LogP contribution in [-0.4, -0.2) is 124 Å². The quantitative estimate of drug-likeness (QED) is 0.0788. The Morgan fingerprint density at radius 2 is 0.458 bits per heavy atom. The highest BCUT2D eigenvalue weighted by atomic mass is 16.6. The Hall–Kier alpha value is -12.6. The van der Waals surface area contributed by atoms with Crippen molar-refractivity contribution in [1.82, 2.24) is 21.3 Å². The monoisotopic (exact) mass is 1300 g/mol. The highest BCUT2D eigenvalue weighted by molar-refractivity contribution is 6.04. The Balaban J connectivity index is 0.935. The first kappa shape index (κ1) is 67.8. The van der Waals surface area contributed by atoms with E-state index in [-0.39, 0.29) is 93.2 Å². The minimum atomic E-state index is -1.24. The first-order chi connectivity index (χ1) is 46.3. The van der Waals surface area contributed by atoms with Crippen molar-refractivity contribution in [3.8, 4) is 23.0 Å². The van der Waals surface area contributed by atoms with Crippen LogP contribution in [0.15, 0.2) is 194 Å². The summed E-state index contributed by atoms with van der Waals surface area (Å²) in [6, 6.07) is 41.4. The lowest BCUT2D eigenvalue weighted by Gasteiger charge is -2.18. The van der Waals surface area contributed by atoms with Gasteiger partial charge in [-0.25, -0.2) is 38.4 Å². The molecular formula is C72H60N4O20. The summed E-state index contributed by atoms with van der Waals surface area (Å²) in [5.74, 6) is -9.08. The van der Waals surface area contributed by atoms with E-state index in [1.54, 1.807) is 48.5 Å². The van der Waals surface area contributed by atoms with E-state index in [1.165, 1.54) is 146 Å². The zero-order valence-electron chi connectivity index (χ0n) is 51.8. The maximum Gasteiger partial charge on any atom is 0.343 e. The third-order valence-corrected chi connectivity index (χ3v) is 14.9. The van der Waals surface area contributed by atoms with Crippen molar-refractivity contribution >= 4 is 71.4 Å². The van der Waals surface area contributed by atoms with Gasteiger partial charge in [-0.3, -0.25) is 19.2 Å². The number of rotatable bonds is 4. The molecule has 96 heavy (non-hydrogen) atoms. The van der Waals surface area contributed by atoms with Gasteiger partial charge in [-0.1, -0.05) is 72.8 Å². The van der Waals surface area contributed by atoms with Gasteiger partial charge in [0.1, 0.15) is 47.2 Å². The van der Waals surface area contributed by atoms with Crippen LogP contribution < -0.4 is 40.2 Å². The number of esters is 8. The number of nitrogens with one attached hydrogen (secondary N) is 4. The van der Waals surface area contributed by atoms with Crippen molar-refractivity contribution < 1.29 is 95.4 Å². The second-order valence-corrected chi connectivity index (χ2v) is 21.5. The topological polar surface area (TPSA) is 327 Å². The molecule has 0 aromatic heterocycles. The summed E-state index contributed by atoms with van der Waals surface area (Å²) in [6.07, 6.45) is -0.331. The van der Waals surface area contributed by atoms with E-state index in [1.807, 2.05) is 0 Å². The molecule has 0 saturated carbocycles. The maximum absolute atomic E-state index is 13.7. The van der Waals surface area contributed by atoms with E-state index >= 15 is 0 Å². The number of carbonyl (C=O) groups is 12. The second kappa shape index (κ2) is 31.6. The molecule has 24 heteroatoms. The summed E-state index contributed by atoms with van der Waals surface area (Å²) in [4.78, 5) is 161. The summed E-state index contributed by atoms with van der Waals surface area (Å²) in [7, 11) is 4.58. The lowest BCUT2D eigenvalue weighted by Crippen LogP contribution is -2.44. The highest BCUT2D eigenvalue weighted by Crippen LogP contribution is 2.23. The zero-order chi connectivity index (χ0) is 68.4. The van der Waals surface area contributed by atoms with Crippen LogP contribution in [0, 0.1) is 0 Å². The van der Waals surface area contributed by atoms with Crippen molar-refractivity contribution in [2.45, 2.75) is 49.9 Å². The van der Waals surface area contributed by atoms with Crippen LogP contribution in [-0.2, 0) is 63.8 Å². The van der Waals surface area contributed by atoms with Gasteiger partial charge in [0, 0.05) is 47.9 Å². The molecule has 24 nitrogen and oxygen atoms in total. The molecule has 0 radical (unpaired) electrons. The lowest BCUT2D eigenvalue weighted by atomic mass is 10.0. The third kappa shape index (κ3) is 17.9. The largest absolute Gasteiger partial charge is 0.467 e. The van der Waals surface area contributed by atoms with E-state index in [2.05, 4.69) is 21.3 Å². The summed E-state index contributed by atoms with van der Waals surface area (Å²) < 4.78 is 42.3. The van der Waals surface area contributed by atoms with Gasteiger partial charge < -0.3 is 59.2 Å². The fraction of sp³-hybridized carbons (Fsp3) is 0.167. The molecule has 4 amide bonds. The summed E-state index contributed by atoms with van der Waals surface area (Å²) in [5, 5.41) is 10.5. The summed E-state index contributed by atoms with van der Waals surface area (Å²) >= 11 is 0. The molecule has 0 aliphatic carbocycles. The third-order valence-electron chi connectivity index (χ3n) is 14.9. The molecule has 8 aromatic carbocycles. The van der Waals surface area contributed by atoms with E-state index < -0.39 is 95.6 Å². The molecule has 4 atom stereocenters. The molecule has 16 bridgehead atoms. The molecule has 7 aliphatic heterocycles. The number of benzene rings is 8. The van der Waals surface area contributed by atoms with E-state index in [0.717, 1.165) is 28.4 Å². The van der Waals surface area contributed by atoms with E-state index in [9.17, 15) is 57.5 Å². The molecule has 7 aliphatic rings. The molecule has 0 spiro atoms. The van der Waals surface area contributed by atoms with Crippen molar-refractivity contribution in [2.24, 2.45) is 0 Å². The van der Waals surface area contributed by atoms with Crippen LogP contribution in [0.5, 0.6) is 23.0 Å². The van der Waals surface area contributed by atoms with Gasteiger partial charge in [0.05, 0.1) is 50.7 Å². The van der Waals surface area contributed by atoms with Crippen molar-refractivity contribution in [1.29, 1.82) is 0 Å². The Labute approximate surface area is 548 Å². The molecule has 8 aromatic rings. The van der Waals surface area contributed by atoms with Gasteiger partial charge >= 0.3 is 47.8 Å². The molecule has 488 valence electrons. The van der Waals surface area contributed by atoms with Crippen molar-refractivity contribution in [2.75, 3.05) is 28.4 Å². The SMILES string of the molecule is COC(=O)C1Cc2ccc(cc2)OC(=O)c2cccc(c2)C(=O)Oc2ccc(cc2)CC(C(=O)OC)NC(=O)c2cccc(c2)C(=O)NC(C(=O)OC)Cc2ccc(cc2)OC(=O)c2cccc(c2)C(=O)Oc2ccc(cc2)CC(C(=O)OC)NC(=O)c2cccc(c2)C(=O)N1.